The molecule has 5 N–H and O–H groups in total. The lowest BCUT2D eigenvalue weighted by Gasteiger charge is -2.07. The molecule has 11 heteroatoms. The van der Waals surface area contributed by atoms with E-state index in [-0.39, 0.29) is 11.6 Å². The van der Waals surface area contributed by atoms with Crippen molar-refractivity contribution in [3.63, 3.8) is 0 Å². The van der Waals surface area contributed by atoms with Crippen molar-refractivity contribution in [1.29, 1.82) is 0 Å². The van der Waals surface area contributed by atoms with Crippen molar-refractivity contribution in [3.05, 3.63) is 40.7 Å². The Labute approximate surface area is 113 Å². The van der Waals surface area contributed by atoms with E-state index < -0.39 is 25.5 Å². The molecule has 0 spiro atoms. The average Bonchev–Trinajstić information content (AvgIpc) is 2.90. The maximum absolute atomic E-state index is 12.1. The number of hydrogen-bond acceptors (Lipinski definition) is 7. The van der Waals surface area contributed by atoms with Crippen LogP contribution in [-0.2, 0) is 10.0 Å². The smallest absolute Gasteiger partial charge is 0.291 e. The number of hydrogen-bond donors (Lipinski definition) is 4. The maximum Gasteiger partial charge on any atom is 0.291 e. The highest BCUT2D eigenvalue weighted by Gasteiger charge is 2.26. The first-order valence-corrected chi connectivity index (χ1v) is 6.69. The minimum absolute atomic E-state index is 0.0414. The van der Waals surface area contributed by atoms with E-state index in [1.807, 2.05) is 0 Å². The lowest BCUT2D eigenvalue weighted by Crippen LogP contribution is -2.16. The van der Waals surface area contributed by atoms with Gasteiger partial charge >= 0.3 is 0 Å². The topological polar surface area (TPSA) is 156 Å². The fourth-order valence-electron chi connectivity index (χ4n) is 1.48. The van der Waals surface area contributed by atoms with Crippen molar-refractivity contribution in [1.82, 2.24) is 9.97 Å². The predicted molar refractivity (Wildman–Crippen MR) is 70.3 cm³/mol. The molecule has 20 heavy (non-hydrogen) atoms. The summed E-state index contributed by atoms with van der Waals surface area (Å²) < 4.78 is 26.3. The van der Waals surface area contributed by atoms with Crippen LogP contribution in [0.2, 0.25) is 0 Å². The fourth-order valence-corrected chi connectivity index (χ4v) is 2.61. The molecular formula is C9H10N6O4S. The molecular weight excluding hydrogens is 288 g/mol. The molecule has 2 aromatic rings. The minimum atomic E-state index is -4.14. The van der Waals surface area contributed by atoms with Crippen molar-refractivity contribution < 1.29 is 13.3 Å². The van der Waals surface area contributed by atoms with Crippen LogP contribution in [0, 0.1) is 10.1 Å². The van der Waals surface area contributed by atoms with Gasteiger partial charge in [-0.3, -0.25) is 16.0 Å². The predicted octanol–water partition coefficient (Wildman–Crippen LogP) is 0.404. The van der Waals surface area contributed by atoms with E-state index in [0.29, 0.717) is 0 Å². The van der Waals surface area contributed by atoms with Gasteiger partial charge in [-0.1, -0.05) is 0 Å². The molecule has 0 saturated carbocycles. The molecule has 0 aliphatic heterocycles. The molecule has 0 aliphatic carbocycles. The van der Waals surface area contributed by atoms with E-state index >= 15 is 0 Å². The summed E-state index contributed by atoms with van der Waals surface area (Å²) in [5, 5.41) is 11.0. The van der Waals surface area contributed by atoms with Crippen molar-refractivity contribution in [2.75, 3.05) is 10.1 Å². The number of nitrogens with one attached hydrogen (secondary N) is 3. The number of anilines is 2. The number of sulfonamides is 1. The van der Waals surface area contributed by atoms with Crippen LogP contribution in [0.15, 0.2) is 35.5 Å². The molecule has 1 aromatic carbocycles. The first-order chi connectivity index (χ1) is 9.44. The number of imidazole rings is 1. The summed E-state index contributed by atoms with van der Waals surface area (Å²) in [5.74, 6) is 5.09. The van der Waals surface area contributed by atoms with Crippen LogP contribution in [0.25, 0.3) is 0 Å². The minimum Gasteiger partial charge on any atom is -0.330 e. The van der Waals surface area contributed by atoms with Gasteiger partial charge in [-0.25, -0.2) is 18.1 Å². The van der Waals surface area contributed by atoms with Gasteiger partial charge in [0, 0.05) is 18.5 Å². The van der Waals surface area contributed by atoms with Crippen molar-refractivity contribution in [3.8, 4) is 0 Å². The number of aromatic amines is 1. The maximum atomic E-state index is 12.1. The molecule has 0 atom stereocenters. The molecule has 0 amide bonds. The highest BCUT2D eigenvalue weighted by Crippen LogP contribution is 2.27. The van der Waals surface area contributed by atoms with Crippen LogP contribution in [0.1, 0.15) is 0 Å². The third-order valence-electron chi connectivity index (χ3n) is 2.34. The summed E-state index contributed by atoms with van der Waals surface area (Å²) in [7, 11) is -4.14. The highest BCUT2D eigenvalue weighted by atomic mass is 32.2. The fraction of sp³-hybridized carbons (Fsp3) is 0. The molecule has 10 nitrogen and oxygen atoms in total. The number of rotatable bonds is 5. The zero-order valence-electron chi connectivity index (χ0n) is 9.90. The Morgan fingerprint density at radius 1 is 1.40 bits per heavy atom. The molecule has 106 valence electrons. The molecule has 2 rings (SSSR count). The SMILES string of the molecule is NNc1ccc(S(=O)(=O)Nc2ncc[nH]2)c([N+](=O)[O-])c1. The van der Waals surface area contributed by atoms with Gasteiger partial charge in [0.1, 0.15) is 0 Å². The Bertz CT molecular complexity index is 727. The second-order valence-corrected chi connectivity index (χ2v) is 5.28. The lowest BCUT2D eigenvalue weighted by atomic mass is 10.3. The van der Waals surface area contributed by atoms with Gasteiger partial charge in [0.25, 0.3) is 15.7 Å². The average molecular weight is 298 g/mol. The third kappa shape index (κ3) is 2.67. The standard InChI is InChI=1S/C9H10N6O4S/c10-13-6-1-2-8(7(5-6)15(16)17)20(18,19)14-9-11-3-4-12-9/h1-5,13H,10H2,(H2,11,12,14). The number of benzene rings is 1. The Balaban J connectivity index is 2.48. The number of nitro benzene ring substituents is 1. The summed E-state index contributed by atoms with van der Waals surface area (Å²) in [6, 6.07) is 3.42. The van der Waals surface area contributed by atoms with Crippen molar-refractivity contribution >= 4 is 27.3 Å². The molecule has 1 aromatic heterocycles. The summed E-state index contributed by atoms with van der Waals surface area (Å²) in [5.41, 5.74) is 1.83. The number of nitrogens with two attached hydrogens (primary N) is 1. The van der Waals surface area contributed by atoms with E-state index in [0.717, 1.165) is 12.1 Å². The van der Waals surface area contributed by atoms with Crippen LogP contribution >= 0.6 is 0 Å². The summed E-state index contributed by atoms with van der Waals surface area (Å²) in [6.07, 6.45) is 2.75. The first kappa shape index (κ1) is 13.8. The molecule has 0 saturated heterocycles. The largest absolute Gasteiger partial charge is 0.330 e. The van der Waals surface area contributed by atoms with Gasteiger partial charge in [-0.15, -0.1) is 0 Å². The van der Waals surface area contributed by atoms with Gasteiger partial charge < -0.3 is 10.4 Å². The second-order valence-electron chi connectivity index (χ2n) is 3.63. The van der Waals surface area contributed by atoms with Crippen LogP contribution in [0.5, 0.6) is 0 Å². The Morgan fingerprint density at radius 3 is 2.70 bits per heavy atom. The molecule has 1 heterocycles. The van der Waals surface area contributed by atoms with E-state index in [2.05, 4.69) is 20.1 Å². The molecule has 0 unspecified atom stereocenters. The molecule has 0 aliphatic rings. The number of aromatic nitrogens is 2. The van der Waals surface area contributed by atoms with E-state index in [4.69, 9.17) is 5.84 Å². The van der Waals surface area contributed by atoms with Crippen molar-refractivity contribution in [2.45, 2.75) is 4.90 Å². The molecule has 0 fully saturated rings. The van der Waals surface area contributed by atoms with Crippen LogP contribution in [0.3, 0.4) is 0 Å². The zero-order valence-corrected chi connectivity index (χ0v) is 10.7. The highest BCUT2D eigenvalue weighted by molar-refractivity contribution is 7.92. The van der Waals surface area contributed by atoms with Crippen molar-refractivity contribution in [2.24, 2.45) is 5.84 Å². The third-order valence-corrected chi connectivity index (χ3v) is 3.73. The van der Waals surface area contributed by atoms with Gasteiger partial charge in [0.15, 0.2) is 4.90 Å². The Kier molecular flexibility index (Phi) is 3.54. The Hall–Kier alpha value is -2.66. The number of nitrogen functional groups attached to an aromatic ring is 1. The quantitative estimate of drug-likeness (QED) is 0.353. The van der Waals surface area contributed by atoms with E-state index in [1.165, 1.54) is 18.5 Å². The molecule has 0 radical (unpaired) electrons. The second kappa shape index (κ2) is 5.14. The lowest BCUT2D eigenvalue weighted by molar-refractivity contribution is -0.387. The van der Waals surface area contributed by atoms with Gasteiger partial charge in [0.05, 0.1) is 10.6 Å². The van der Waals surface area contributed by atoms with Gasteiger partial charge in [-0.2, -0.15) is 0 Å². The monoisotopic (exact) mass is 298 g/mol. The summed E-state index contributed by atoms with van der Waals surface area (Å²) >= 11 is 0. The van der Waals surface area contributed by atoms with Crippen LogP contribution in [0.4, 0.5) is 17.3 Å². The summed E-state index contributed by atoms with van der Waals surface area (Å²) in [6.45, 7) is 0. The zero-order chi connectivity index (χ0) is 14.8. The van der Waals surface area contributed by atoms with Gasteiger partial charge in [0.2, 0.25) is 5.95 Å². The Morgan fingerprint density at radius 2 is 2.15 bits per heavy atom. The molecule has 0 bridgehead atoms. The van der Waals surface area contributed by atoms with E-state index in [9.17, 15) is 18.5 Å². The first-order valence-electron chi connectivity index (χ1n) is 5.21. The van der Waals surface area contributed by atoms with Crippen LogP contribution in [-0.4, -0.2) is 23.3 Å². The number of nitro groups is 1. The number of hydrazine groups is 1. The normalized spacial score (nSPS) is 11.1. The van der Waals surface area contributed by atoms with E-state index in [1.54, 1.807) is 0 Å². The summed E-state index contributed by atoms with van der Waals surface area (Å²) in [4.78, 5) is 15.9. The van der Waals surface area contributed by atoms with Gasteiger partial charge in [-0.05, 0) is 12.1 Å². The number of nitrogens with zero attached hydrogens (tertiary/aromatic N) is 2. The van der Waals surface area contributed by atoms with Crippen LogP contribution < -0.4 is 16.0 Å². The number of H-pyrrole nitrogens is 1.